The number of nitrogens with one attached hydrogen (secondary N) is 2. The van der Waals surface area contributed by atoms with Crippen LogP contribution in [0, 0.1) is 27.2 Å². The number of phosphoric ester groups is 2. The molecule has 0 aliphatic carbocycles. The highest BCUT2D eigenvalue weighted by Crippen LogP contribution is 2.61. The number of amides is 1. The van der Waals surface area contributed by atoms with Crippen LogP contribution in [0.25, 0.3) is 57.5 Å². The number of nitrogen functional groups attached to an aromatic ring is 1. The van der Waals surface area contributed by atoms with Crippen molar-refractivity contribution in [2.75, 3.05) is 18.9 Å². The van der Waals surface area contributed by atoms with Crippen LogP contribution in [-0.4, -0.2) is 151 Å². The summed E-state index contributed by atoms with van der Waals surface area (Å²) in [6, 6.07) is 18.2. The SMILES string of the molecule is C1=Cc2cc3ccc(cc4nc(cc5ccc(cc1n2)[nH]5)C=C4)[nH]3.Cc1cc([N+](=O)[O-])cc([N+](=O)[O-])c1O.NC(=O)C1=CN([C@@H]2O[C@H](COP(=O)(O)OP(=O)(O)OC[C@H]3O[C@@H](n4cnc5c(N)ncnc54)[C@H](O)[C@@H]3O)[C@@H](O)[C@H]2O)C=CC1. The average molecular weight is 1170 g/mol. The Bertz CT molecular complexity index is 3690. The fraction of sp³-hybridized carbons (Fsp3) is 0.250. The number of aromatic hydroxyl groups is 1. The van der Waals surface area contributed by atoms with Crippen molar-refractivity contribution in [2.45, 2.75) is 62.4 Å². The van der Waals surface area contributed by atoms with E-state index < -0.39 is 111 Å². The summed E-state index contributed by atoms with van der Waals surface area (Å²) in [5.74, 6) is -1.20. The normalized spacial score (nSPS) is 23.3. The number of allylic oxidation sites excluding steroid dienone is 1. The number of nitro benzene ring substituents is 2. The number of aliphatic hydroxyl groups excluding tert-OH is 4. The van der Waals surface area contributed by atoms with Crippen LogP contribution in [0.5, 0.6) is 5.75 Å². The number of rotatable bonds is 13. The lowest BCUT2D eigenvalue weighted by Crippen LogP contribution is -2.40. The number of non-ortho nitro benzene ring substituents is 1. The van der Waals surface area contributed by atoms with E-state index >= 15 is 0 Å². The first-order valence-electron chi connectivity index (χ1n) is 24.1. The van der Waals surface area contributed by atoms with Gasteiger partial charge in [0.25, 0.3) is 5.69 Å². The number of aliphatic hydroxyl groups is 4. The first kappa shape index (κ1) is 58.2. The molecule has 34 heteroatoms. The van der Waals surface area contributed by atoms with Gasteiger partial charge in [0.2, 0.25) is 5.91 Å². The van der Waals surface area contributed by atoms with Gasteiger partial charge in [-0.2, -0.15) is 4.31 Å². The molecule has 10 atom stereocenters. The Balaban J connectivity index is 0.000000176. The maximum absolute atomic E-state index is 12.4. The smallest absolute Gasteiger partial charge is 0.481 e. The number of nitro groups is 2. The number of imidazole rings is 1. The molecule has 32 nitrogen and oxygen atoms in total. The number of nitrogens with two attached hydrogens (primary N) is 2. The van der Waals surface area contributed by atoms with Crippen molar-refractivity contribution in [3.8, 4) is 5.75 Å². The van der Waals surface area contributed by atoms with E-state index in [-0.39, 0.29) is 34.5 Å². The quantitative estimate of drug-likeness (QED) is 0.0447. The van der Waals surface area contributed by atoms with Crippen LogP contribution in [-0.2, 0) is 36.8 Å². The number of ether oxygens (including phenoxy) is 2. The van der Waals surface area contributed by atoms with Crippen LogP contribution in [0.4, 0.5) is 17.2 Å². The van der Waals surface area contributed by atoms with E-state index in [0.29, 0.717) is 0 Å². The molecule has 10 heterocycles. The van der Waals surface area contributed by atoms with E-state index in [2.05, 4.69) is 63.5 Å². The largest absolute Gasteiger partial charge is 0.502 e. The number of anilines is 1. The molecule has 5 aliphatic heterocycles. The highest BCUT2D eigenvalue weighted by molar-refractivity contribution is 7.61. The second kappa shape index (κ2) is 23.9. The third kappa shape index (κ3) is 13.5. The predicted molar refractivity (Wildman–Crippen MR) is 287 cm³/mol. The number of aryl methyl sites for hydroxylation is 1. The maximum Gasteiger partial charge on any atom is 0.481 e. The number of hydrogen-bond acceptors (Lipinski definition) is 24. The van der Waals surface area contributed by atoms with Crippen molar-refractivity contribution < 1.29 is 81.9 Å². The fourth-order valence-electron chi connectivity index (χ4n) is 8.61. The molecule has 0 spiro atoms. The molecule has 82 heavy (non-hydrogen) atoms. The molecule has 5 aliphatic rings. The number of nitrogens with zero attached hydrogens (tertiary/aromatic N) is 9. The molecular weight excluding hydrogens is 1120 g/mol. The zero-order valence-electron chi connectivity index (χ0n) is 42.3. The number of phenols is 1. The van der Waals surface area contributed by atoms with Crippen molar-refractivity contribution >= 4 is 96.3 Å². The highest BCUT2D eigenvalue weighted by atomic mass is 31.3. The van der Waals surface area contributed by atoms with Crippen molar-refractivity contribution in [1.29, 1.82) is 0 Å². The topological polar surface area (TPSA) is 481 Å². The Morgan fingerprint density at radius 1 is 0.756 bits per heavy atom. The van der Waals surface area contributed by atoms with Crippen LogP contribution in [0.2, 0.25) is 0 Å². The van der Waals surface area contributed by atoms with Gasteiger partial charge in [-0.3, -0.25) is 38.6 Å². The minimum absolute atomic E-state index is 0.0517. The summed E-state index contributed by atoms with van der Waals surface area (Å²) in [5, 5.41) is 71.6. The van der Waals surface area contributed by atoms with E-state index in [9.17, 15) is 69.5 Å². The number of benzene rings is 1. The number of phenolic OH excluding ortho intramolecular Hbond substituents is 1. The number of fused-ring (bicyclic) bond motifs is 9. The van der Waals surface area contributed by atoms with Crippen molar-refractivity contribution in [3.63, 3.8) is 0 Å². The van der Waals surface area contributed by atoms with Crippen LogP contribution in [0.15, 0.2) is 97.4 Å². The van der Waals surface area contributed by atoms with Gasteiger partial charge in [0, 0.05) is 51.7 Å². The fourth-order valence-corrected chi connectivity index (χ4v) is 10.7. The third-order valence-electron chi connectivity index (χ3n) is 12.6. The molecular formula is C48H49N13O19P2. The van der Waals surface area contributed by atoms with Crippen LogP contribution >= 0.6 is 15.6 Å². The molecule has 5 aromatic heterocycles. The predicted octanol–water partition coefficient (Wildman–Crippen LogP) is 3.49. The van der Waals surface area contributed by atoms with Gasteiger partial charge in [-0.05, 0) is 86.2 Å². The van der Waals surface area contributed by atoms with Gasteiger partial charge >= 0.3 is 21.3 Å². The molecule has 0 radical (unpaired) electrons. The standard InChI is InChI=1S/C21H29N7O14P2.C20H14N4.C7H6N2O5/c22-17-12-19(25-7-24-17)28(8-26-12)21-16(32)14(30)11(41-21)6-39-44(36,37)42-43(34,35)38-5-10-13(29)15(31)20(40-10)27-3-1-2-9(4-27)18(23)33;1-2-14-10-16-5-6-18(23-16)12-20-8-7-19(24-20)11-17-4-3-15(22-17)9-13(1)21-14;1-4-2-5(8(11)12)3-6(7(4)10)9(13)14/h1,3-4,7-8,10-11,13-16,20-21,29-32H,2,5-6H2,(H2,23,33)(H,34,35)(H,36,37)(H2,22,24,25);1-12,21,24H;2-3,10H,1H3/t10-,11-,13-,14-,15-,16-,20-,21-;;/m1../s1. The van der Waals surface area contributed by atoms with E-state index in [1.54, 1.807) is 6.08 Å². The van der Waals surface area contributed by atoms with Crippen LogP contribution < -0.4 is 11.5 Å². The summed E-state index contributed by atoms with van der Waals surface area (Å²) in [6.07, 6.45) is 3.21. The lowest BCUT2D eigenvalue weighted by Gasteiger charge is -2.28. The summed E-state index contributed by atoms with van der Waals surface area (Å²) in [6.45, 7) is -0.429. The molecule has 2 fully saturated rings. The number of aromatic nitrogens is 8. The first-order chi connectivity index (χ1) is 38.9. The molecule has 0 saturated carbocycles. The van der Waals surface area contributed by atoms with E-state index in [1.165, 1.54) is 35.1 Å². The zero-order valence-corrected chi connectivity index (χ0v) is 44.1. The van der Waals surface area contributed by atoms with Crippen LogP contribution in [0.3, 0.4) is 0 Å². The number of carbonyl (C=O) groups is 1. The summed E-state index contributed by atoms with van der Waals surface area (Å²) in [7, 11) is -10.7. The Hall–Kier alpha value is -8.46. The summed E-state index contributed by atoms with van der Waals surface area (Å²) in [4.78, 5) is 79.7. The number of H-pyrrole nitrogens is 2. The Kier molecular flexibility index (Phi) is 17.0. The Morgan fingerprint density at radius 2 is 1.26 bits per heavy atom. The summed E-state index contributed by atoms with van der Waals surface area (Å²) < 4.78 is 50.8. The van der Waals surface area contributed by atoms with Crippen molar-refractivity contribution in [1.82, 2.24) is 44.4 Å². The number of primary amides is 1. The monoisotopic (exact) mass is 1170 g/mol. The molecule has 1 amide bonds. The van der Waals surface area contributed by atoms with Crippen molar-refractivity contribution in [3.05, 3.63) is 146 Å². The molecule has 430 valence electrons. The molecule has 6 aromatic rings. The number of carbonyl (C=O) groups excluding carboxylic acids is 1. The van der Waals surface area contributed by atoms with Gasteiger partial charge in [0.1, 0.15) is 48.5 Å². The van der Waals surface area contributed by atoms with Crippen LogP contribution in [0.1, 0.15) is 41.0 Å². The van der Waals surface area contributed by atoms with Gasteiger partial charge < -0.3 is 71.1 Å². The van der Waals surface area contributed by atoms with E-state index in [4.69, 9.17) is 30.0 Å². The summed E-state index contributed by atoms with van der Waals surface area (Å²) >= 11 is 0. The first-order valence-corrected chi connectivity index (χ1v) is 27.1. The second-order valence-corrected chi connectivity index (χ2v) is 21.4. The number of aromatic amines is 2. The number of phosphoric acid groups is 2. The maximum atomic E-state index is 12.4. The molecule has 13 N–H and O–H groups in total. The molecule has 2 unspecified atom stereocenters. The van der Waals surface area contributed by atoms with Crippen molar-refractivity contribution in [2.24, 2.45) is 5.73 Å². The van der Waals surface area contributed by atoms with Gasteiger partial charge in [-0.15, -0.1) is 0 Å². The van der Waals surface area contributed by atoms with E-state index in [1.807, 2.05) is 48.6 Å². The second-order valence-electron chi connectivity index (χ2n) is 18.4. The molecule has 2 saturated heterocycles. The lowest BCUT2D eigenvalue weighted by molar-refractivity contribution is -0.394. The summed E-state index contributed by atoms with van der Waals surface area (Å²) in [5.41, 5.74) is 18.5. The van der Waals surface area contributed by atoms with Gasteiger partial charge in [0.15, 0.2) is 29.7 Å². The minimum Gasteiger partial charge on any atom is -0.502 e. The minimum atomic E-state index is -5.37. The average Bonchev–Trinajstić information content (AvgIpc) is 4.38. The lowest BCUT2D eigenvalue weighted by atomic mass is 10.1. The highest BCUT2D eigenvalue weighted by Gasteiger charge is 2.48. The molecule has 1 aromatic carbocycles. The zero-order chi connectivity index (χ0) is 58.8. The number of hydrogen-bond donors (Lipinski definition) is 11. The molecule has 11 rings (SSSR count). The Morgan fingerprint density at radius 3 is 1.74 bits per heavy atom. The van der Waals surface area contributed by atoms with Gasteiger partial charge in [-0.1, -0.05) is 6.08 Å². The van der Waals surface area contributed by atoms with Gasteiger partial charge in [-0.25, -0.2) is 34.0 Å². The van der Waals surface area contributed by atoms with E-state index in [0.717, 1.165) is 63.3 Å². The Labute approximate surface area is 460 Å². The third-order valence-corrected chi connectivity index (χ3v) is 15.2. The molecule has 8 bridgehead atoms. The van der Waals surface area contributed by atoms with Gasteiger partial charge in [0.05, 0.1) is 58.2 Å².